The van der Waals surface area contributed by atoms with E-state index < -0.39 is 17.7 Å². The number of rotatable bonds is 6. The molecule has 8 heteroatoms. The first-order valence-electron chi connectivity index (χ1n) is 9.88. The first-order valence-corrected chi connectivity index (χ1v) is 10.7. The van der Waals surface area contributed by atoms with Gasteiger partial charge in [0.2, 0.25) is 5.78 Å². The second-order valence-electron chi connectivity index (χ2n) is 7.64. The second-order valence-corrected chi connectivity index (χ2v) is 8.84. The first kappa shape index (κ1) is 19.8. The molecule has 29 heavy (non-hydrogen) atoms. The van der Waals surface area contributed by atoms with Gasteiger partial charge in [-0.1, -0.05) is 0 Å². The molecular weight excluding hydrogens is 390 g/mol. The highest BCUT2D eigenvalue weighted by Gasteiger charge is 2.46. The minimum atomic E-state index is -0.729. The Hall–Kier alpha value is -2.45. The summed E-state index contributed by atoms with van der Waals surface area (Å²) in [4.78, 5) is 34.9. The minimum absolute atomic E-state index is 0.0810. The van der Waals surface area contributed by atoms with Crippen molar-refractivity contribution < 1.29 is 19.1 Å². The maximum absolute atomic E-state index is 13.4. The third kappa shape index (κ3) is 3.62. The molecule has 2 aromatic rings. The lowest BCUT2D eigenvalue weighted by molar-refractivity contribution is -0.129. The Morgan fingerprint density at radius 1 is 1.24 bits per heavy atom. The molecule has 1 atom stereocenters. The largest absolute Gasteiger partial charge is 0.503 e. The number of ketones is 1. The zero-order valence-electron chi connectivity index (χ0n) is 16.9. The predicted octanol–water partition coefficient (Wildman–Crippen LogP) is 3.34. The molecule has 0 bridgehead atoms. The van der Waals surface area contributed by atoms with Gasteiger partial charge in [0.15, 0.2) is 5.76 Å². The molecule has 0 radical (unpaired) electrons. The van der Waals surface area contributed by atoms with Crippen LogP contribution in [0.25, 0.3) is 0 Å². The standard InChI is InChI=1S/C21H25N3O4S/c1-12-6-7-15(28-12)17-16(18(25)20-13(2)22-14(3)29-20)19(26)21(27)24(17)11-10-23-8-4-5-9-23/h6-7,17,26H,4-5,8-11H2,1-3H3. The van der Waals surface area contributed by atoms with Crippen molar-refractivity contribution in [2.75, 3.05) is 26.2 Å². The third-order valence-corrected chi connectivity index (χ3v) is 6.62. The van der Waals surface area contributed by atoms with Gasteiger partial charge in [-0.25, -0.2) is 4.98 Å². The zero-order valence-corrected chi connectivity index (χ0v) is 17.7. The Morgan fingerprint density at radius 3 is 2.55 bits per heavy atom. The number of furan rings is 1. The van der Waals surface area contributed by atoms with Crippen molar-refractivity contribution in [2.45, 2.75) is 39.7 Å². The van der Waals surface area contributed by atoms with E-state index in [0.29, 0.717) is 35.2 Å². The molecule has 7 nitrogen and oxygen atoms in total. The number of likely N-dealkylation sites (tertiary alicyclic amines) is 1. The average molecular weight is 416 g/mol. The van der Waals surface area contributed by atoms with Gasteiger partial charge in [-0.15, -0.1) is 11.3 Å². The van der Waals surface area contributed by atoms with Crippen LogP contribution in [0.3, 0.4) is 0 Å². The molecule has 1 unspecified atom stereocenters. The van der Waals surface area contributed by atoms with Gasteiger partial charge in [0.1, 0.15) is 17.6 Å². The Bertz CT molecular complexity index is 984. The van der Waals surface area contributed by atoms with E-state index in [9.17, 15) is 14.7 Å². The molecule has 2 aliphatic rings. The molecule has 2 aromatic heterocycles. The Balaban J connectivity index is 1.70. The SMILES string of the molecule is Cc1ccc(C2C(C(=O)c3sc(C)nc3C)=C(O)C(=O)N2CCN2CCCC2)o1. The summed E-state index contributed by atoms with van der Waals surface area (Å²) in [7, 11) is 0. The van der Waals surface area contributed by atoms with Crippen LogP contribution in [0.1, 0.15) is 50.8 Å². The van der Waals surface area contributed by atoms with E-state index in [4.69, 9.17) is 4.42 Å². The quantitative estimate of drug-likeness (QED) is 0.728. The van der Waals surface area contributed by atoms with Gasteiger partial charge in [0.25, 0.3) is 5.91 Å². The van der Waals surface area contributed by atoms with Crippen LogP contribution in [-0.4, -0.2) is 57.8 Å². The Labute approximate surface area is 173 Å². The fourth-order valence-corrected chi connectivity index (χ4v) is 5.01. The van der Waals surface area contributed by atoms with Crippen molar-refractivity contribution in [1.29, 1.82) is 0 Å². The van der Waals surface area contributed by atoms with Crippen LogP contribution < -0.4 is 0 Å². The van der Waals surface area contributed by atoms with E-state index in [1.807, 2.05) is 13.8 Å². The number of carbonyl (C=O) groups excluding carboxylic acids is 2. The minimum Gasteiger partial charge on any atom is -0.503 e. The van der Waals surface area contributed by atoms with Crippen LogP contribution in [-0.2, 0) is 4.79 Å². The average Bonchev–Trinajstić information content (AvgIpc) is 3.44. The van der Waals surface area contributed by atoms with Gasteiger partial charge in [0.05, 0.1) is 21.2 Å². The summed E-state index contributed by atoms with van der Waals surface area (Å²) in [5.41, 5.74) is 0.688. The van der Waals surface area contributed by atoms with E-state index in [0.717, 1.165) is 30.9 Å². The summed E-state index contributed by atoms with van der Waals surface area (Å²) in [5, 5.41) is 11.5. The number of aryl methyl sites for hydroxylation is 3. The Kier molecular flexibility index (Phi) is 5.31. The molecule has 4 heterocycles. The van der Waals surface area contributed by atoms with E-state index >= 15 is 0 Å². The number of hydrogen-bond acceptors (Lipinski definition) is 7. The monoisotopic (exact) mass is 415 g/mol. The van der Waals surface area contributed by atoms with E-state index in [-0.39, 0.29) is 11.4 Å². The van der Waals surface area contributed by atoms with Crippen LogP contribution in [0, 0.1) is 20.8 Å². The molecule has 0 aliphatic carbocycles. The third-order valence-electron chi connectivity index (χ3n) is 5.54. The van der Waals surface area contributed by atoms with E-state index in [1.54, 1.807) is 24.0 Å². The summed E-state index contributed by atoms with van der Waals surface area (Å²) >= 11 is 1.28. The van der Waals surface area contributed by atoms with Crippen LogP contribution in [0.15, 0.2) is 27.9 Å². The topological polar surface area (TPSA) is 86.9 Å². The van der Waals surface area contributed by atoms with Crippen LogP contribution in [0.5, 0.6) is 0 Å². The molecule has 1 amide bonds. The van der Waals surface area contributed by atoms with Gasteiger partial charge in [-0.05, 0) is 58.8 Å². The lowest BCUT2D eigenvalue weighted by Crippen LogP contribution is -2.37. The van der Waals surface area contributed by atoms with Gasteiger partial charge in [0, 0.05) is 13.1 Å². The highest BCUT2D eigenvalue weighted by Crippen LogP contribution is 2.40. The van der Waals surface area contributed by atoms with Crippen molar-refractivity contribution in [3.8, 4) is 0 Å². The van der Waals surface area contributed by atoms with Gasteiger partial charge in [-0.3, -0.25) is 9.59 Å². The summed E-state index contributed by atoms with van der Waals surface area (Å²) in [5.74, 6) is -0.188. The Morgan fingerprint density at radius 2 is 1.97 bits per heavy atom. The number of aliphatic hydroxyl groups excluding tert-OH is 1. The molecule has 0 spiro atoms. The number of aromatic nitrogens is 1. The first-order chi connectivity index (χ1) is 13.9. The van der Waals surface area contributed by atoms with Crippen molar-refractivity contribution in [3.05, 3.63) is 50.6 Å². The number of nitrogens with zero attached hydrogens (tertiary/aromatic N) is 3. The molecule has 0 saturated carbocycles. The molecule has 1 N–H and O–H groups in total. The van der Waals surface area contributed by atoms with Crippen LogP contribution in [0.4, 0.5) is 0 Å². The van der Waals surface area contributed by atoms with Gasteiger partial charge in [-0.2, -0.15) is 0 Å². The maximum Gasteiger partial charge on any atom is 0.290 e. The number of amides is 1. The van der Waals surface area contributed by atoms with Crippen LogP contribution in [0.2, 0.25) is 0 Å². The lowest BCUT2D eigenvalue weighted by atomic mass is 9.99. The van der Waals surface area contributed by atoms with E-state index in [1.165, 1.54) is 11.3 Å². The molecule has 0 aromatic carbocycles. The summed E-state index contributed by atoms with van der Waals surface area (Å²) in [6.45, 7) is 8.56. The molecule has 2 aliphatic heterocycles. The van der Waals surface area contributed by atoms with Crippen molar-refractivity contribution in [3.63, 3.8) is 0 Å². The summed E-state index contributed by atoms with van der Waals surface area (Å²) in [6, 6.07) is 2.85. The number of carbonyl (C=O) groups is 2. The molecular formula is C21H25N3O4S. The highest BCUT2D eigenvalue weighted by atomic mass is 32.1. The van der Waals surface area contributed by atoms with Gasteiger partial charge < -0.3 is 19.3 Å². The molecule has 1 fully saturated rings. The molecule has 154 valence electrons. The smallest absolute Gasteiger partial charge is 0.290 e. The van der Waals surface area contributed by atoms with E-state index in [2.05, 4.69) is 9.88 Å². The summed E-state index contributed by atoms with van der Waals surface area (Å²) in [6.07, 6.45) is 2.32. The number of Topliss-reactive ketones (excluding diaryl/α,β-unsaturated/α-hetero) is 1. The zero-order chi connectivity index (χ0) is 20.7. The van der Waals surface area contributed by atoms with Crippen molar-refractivity contribution >= 4 is 23.0 Å². The maximum atomic E-state index is 13.4. The van der Waals surface area contributed by atoms with Crippen molar-refractivity contribution in [2.24, 2.45) is 0 Å². The predicted molar refractivity (Wildman–Crippen MR) is 109 cm³/mol. The lowest BCUT2D eigenvalue weighted by Gasteiger charge is -2.27. The fraction of sp³-hybridized carbons (Fsp3) is 0.476. The molecule has 1 saturated heterocycles. The second kappa shape index (κ2) is 7.76. The van der Waals surface area contributed by atoms with Gasteiger partial charge >= 0.3 is 0 Å². The van der Waals surface area contributed by atoms with Crippen LogP contribution >= 0.6 is 11.3 Å². The number of aliphatic hydroxyl groups is 1. The van der Waals surface area contributed by atoms with Crippen molar-refractivity contribution in [1.82, 2.24) is 14.8 Å². The molecule has 4 rings (SSSR count). The number of thiazole rings is 1. The number of hydrogen-bond donors (Lipinski definition) is 1. The highest BCUT2D eigenvalue weighted by molar-refractivity contribution is 7.14. The normalized spacial score (nSPS) is 20.3. The summed E-state index contributed by atoms with van der Waals surface area (Å²) < 4.78 is 5.80. The fourth-order valence-electron chi connectivity index (χ4n) is 4.13.